The standard InChI is InChI=1S/C14H34N2Si/c1-8-15(9-2)13(7)14(17,12(5)6)16(10-3)11-4/h12-13H,8-11H2,1-7,17H3. The molecule has 0 heterocycles. The molecule has 0 rings (SSSR count). The Kier molecular flexibility index (Phi) is 7.61. The van der Waals surface area contributed by atoms with Crippen molar-refractivity contribution in [2.45, 2.75) is 59.7 Å². The summed E-state index contributed by atoms with van der Waals surface area (Å²) in [6, 6.07) is 0.657. The zero-order valence-electron chi connectivity index (χ0n) is 13.4. The Morgan fingerprint density at radius 1 is 0.882 bits per heavy atom. The van der Waals surface area contributed by atoms with E-state index in [1.165, 1.54) is 23.3 Å². The Hall–Kier alpha value is 0.137. The molecule has 0 radical (unpaired) electrons. The molecule has 3 heteroatoms. The highest BCUT2D eigenvalue weighted by Crippen LogP contribution is 2.28. The first-order valence-electron chi connectivity index (χ1n) is 7.38. The van der Waals surface area contributed by atoms with Gasteiger partial charge in [-0.2, -0.15) is 0 Å². The van der Waals surface area contributed by atoms with Gasteiger partial charge in [-0.15, -0.1) is 0 Å². The van der Waals surface area contributed by atoms with Gasteiger partial charge in [0.1, 0.15) is 0 Å². The van der Waals surface area contributed by atoms with E-state index in [1.54, 1.807) is 0 Å². The maximum atomic E-state index is 2.69. The molecule has 0 spiro atoms. The molecule has 0 aromatic rings. The van der Waals surface area contributed by atoms with Crippen LogP contribution in [-0.2, 0) is 0 Å². The zero-order valence-corrected chi connectivity index (χ0v) is 15.4. The maximum absolute atomic E-state index is 2.69. The zero-order chi connectivity index (χ0) is 13.6. The van der Waals surface area contributed by atoms with Gasteiger partial charge >= 0.3 is 0 Å². The van der Waals surface area contributed by atoms with Gasteiger partial charge in [0.05, 0.1) is 0 Å². The smallest absolute Gasteiger partial charge is 0.0307 e. The van der Waals surface area contributed by atoms with Crippen LogP contribution in [0.15, 0.2) is 0 Å². The summed E-state index contributed by atoms with van der Waals surface area (Å²) < 4.78 is 0. The van der Waals surface area contributed by atoms with Crippen LogP contribution >= 0.6 is 0 Å². The minimum Gasteiger partial charge on any atom is -0.300 e. The molecule has 2 nitrogen and oxygen atoms in total. The van der Waals surface area contributed by atoms with Crippen LogP contribution in [0.5, 0.6) is 0 Å². The third-order valence-electron chi connectivity index (χ3n) is 4.82. The molecule has 0 bridgehead atoms. The highest BCUT2D eigenvalue weighted by atomic mass is 28.1. The molecule has 0 aliphatic rings. The van der Waals surface area contributed by atoms with Crippen LogP contribution < -0.4 is 0 Å². The lowest BCUT2D eigenvalue weighted by atomic mass is 9.92. The minimum absolute atomic E-state index is 0.398. The average Bonchev–Trinajstić information content (AvgIpc) is 2.31. The summed E-state index contributed by atoms with van der Waals surface area (Å²) in [5, 5.41) is 0.398. The van der Waals surface area contributed by atoms with Crippen molar-refractivity contribution in [3.8, 4) is 0 Å². The largest absolute Gasteiger partial charge is 0.300 e. The molecular weight excluding hydrogens is 224 g/mol. The van der Waals surface area contributed by atoms with Gasteiger partial charge in [-0.25, -0.2) is 0 Å². The molecule has 0 aliphatic carbocycles. The first-order chi connectivity index (χ1) is 7.89. The van der Waals surface area contributed by atoms with Crippen molar-refractivity contribution in [2.24, 2.45) is 5.92 Å². The fourth-order valence-corrected chi connectivity index (χ4v) is 4.16. The van der Waals surface area contributed by atoms with Crippen LogP contribution in [0.2, 0.25) is 0 Å². The Morgan fingerprint density at radius 3 is 1.53 bits per heavy atom. The third-order valence-corrected chi connectivity index (χ3v) is 7.44. The lowest BCUT2D eigenvalue weighted by molar-refractivity contribution is 0.0385. The predicted octanol–water partition coefficient (Wildman–Crippen LogP) is 1.78. The topological polar surface area (TPSA) is 6.48 Å². The van der Waals surface area contributed by atoms with Crippen molar-refractivity contribution in [1.29, 1.82) is 0 Å². The van der Waals surface area contributed by atoms with E-state index in [2.05, 4.69) is 58.3 Å². The van der Waals surface area contributed by atoms with Crippen LogP contribution in [0, 0.1) is 5.92 Å². The van der Waals surface area contributed by atoms with E-state index in [-0.39, 0.29) is 0 Å². The molecule has 0 aromatic heterocycles. The Balaban J connectivity index is 5.17. The molecule has 0 aliphatic heterocycles. The predicted molar refractivity (Wildman–Crippen MR) is 82.8 cm³/mol. The van der Waals surface area contributed by atoms with E-state index in [1.807, 2.05) is 0 Å². The quantitative estimate of drug-likeness (QED) is 0.612. The first-order valence-corrected chi connectivity index (χ1v) is 8.38. The van der Waals surface area contributed by atoms with E-state index in [9.17, 15) is 0 Å². The summed E-state index contributed by atoms with van der Waals surface area (Å²) in [5.74, 6) is 0.727. The van der Waals surface area contributed by atoms with Crippen LogP contribution in [-0.4, -0.2) is 57.4 Å². The SMILES string of the molecule is CCN(CC)C(C)C([SiH3])(C(C)C)N(CC)CC. The van der Waals surface area contributed by atoms with Crippen molar-refractivity contribution in [1.82, 2.24) is 9.80 Å². The number of hydrogen-bond acceptors (Lipinski definition) is 2. The summed E-state index contributed by atoms with van der Waals surface area (Å²) >= 11 is 0. The van der Waals surface area contributed by atoms with Gasteiger partial charge in [0, 0.05) is 21.4 Å². The monoisotopic (exact) mass is 258 g/mol. The van der Waals surface area contributed by atoms with Gasteiger partial charge in [-0.05, 0) is 39.0 Å². The van der Waals surface area contributed by atoms with E-state index in [4.69, 9.17) is 0 Å². The van der Waals surface area contributed by atoms with Crippen molar-refractivity contribution in [2.75, 3.05) is 26.2 Å². The Morgan fingerprint density at radius 2 is 1.29 bits per heavy atom. The summed E-state index contributed by atoms with van der Waals surface area (Å²) in [7, 11) is 1.23. The molecular formula is C14H34N2Si. The summed E-state index contributed by atoms with van der Waals surface area (Å²) in [6.07, 6.45) is 0. The van der Waals surface area contributed by atoms with Crippen LogP contribution in [0.4, 0.5) is 0 Å². The number of rotatable bonds is 8. The first kappa shape index (κ1) is 17.1. The van der Waals surface area contributed by atoms with E-state index in [0.29, 0.717) is 11.2 Å². The fourth-order valence-electron chi connectivity index (χ4n) is 3.16. The Labute approximate surface area is 112 Å². The van der Waals surface area contributed by atoms with Crippen molar-refractivity contribution >= 4 is 10.2 Å². The minimum atomic E-state index is 0.398. The van der Waals surface area contributed by atoms with Crippen LogP contribution in [0.25, 0.3) is 0 Å². The molecule has 0 aromatic carbocycles. The second-order valence-electron chi connectivity index (χ2n) is 5.45. The number of nitrogens with zero attached hydrogens (tertiary/aromatic N) is 2. The highest BCUT2D eigenvalue weighted by molar-refractivity contribution is 6.16. The molecule has 104 valence electrons. The van der Waals surface area contributed by atoms with Gasteiger partial charge < -0.3 is 4.90 Å². The lowest BCUT2D eigenvalue weighted by Gasteiger charge is -2.51. The Bertz CT molecular complexity index is 200. The summed E-state index contributed by atoms with van der Waals surface area (Å²) in [4.78, 5) is 5.30. The second kappa shape index (κ2) is 7.55. The van der Waals surface area contributed by atoms with Crippen molar-refractivity contribution < 1.29 is 0 Å². The van der Waals surface area contributed by atoms with Crippen molar-refractivity contribution in [3.63, 3.8) is 0 Å². The fraction of sp³-hybridized carbons (Fsp3) is 1.00. The molecule has 2 unspecified atom stereocenters. The van der Waals surface area contributed by atoms with E-state index >= 15 is 0 Å². The number of hydrogen-bond donors (Lipinski definition) is 0. The summed E-state index contributed by atoms with van der Waals surface area (Å²) in [6.45, 7) is 21.0. The van der Waals surface area contributed by atoms with Gasteiger partial charge in [0.25, 0.3) is 0 Å². The van der Waals surface area contributed by atoms with Crippen LogP contribution in [0.3, 0.4) is 0 Å². The molecule has 0 saturated heterocycles. The van der Waals surface area contributed by atoms with Gasteiger partial charge in [-0.1, -0.05) is 41.5 Å². The van der Waals surface area contributed by atoms with E-state index < -0.39 is 0 Å². The van der Waals surface area contributed by atoms with Crippen LogP contribution in [0.1, 0.15) is 48.5 Å². The lowest BCUT2D eigenvalue weighted by Crippen LogP contribution is -2.64. The van der Waals surface area contributed by atoms with E-state index in [0.717, 1.165) is 19.0 Å². The molecule has 17 heavy (non-hydrogen) atoms. The molecule has 0 amide bonds. The second-order valence-corrected chi connectivity index (χ2v) is 7.05. The normalized spacial score (nSPS) is 18.0. The highest BCUT2D eigenvalue weighted by Gasteiger charge is 2.40. The molecule has 0 N–H and O–H groups in total. The number of likely N-dealkylation sites (N-methyl/N-ethyl adjacent to an activating group) is 2. The average molecular weight is 259 g/mol. The van der Waals surface area contributed by atoms with Gasteiger partial charge in [0.2, 0.25) is 0 Å². The van der Waals surface area contributed by atoms with Gasteiger partial charge in [0.15, 0.2) is 0 Å². The van der Waals surface area contributed by atoms with Gasteiger partial charge in [-0.3, -0.25) is 4.90 Å². The third kappa shape index (κ3) is 3.55. The van der Waals surface area contributed by atoms with Crippen molar-refractivity contribution in [3.05, 3.63) is 0 Å². The molecule has 2 atom stereocenters. The molecule has 0 saturated carbocycles. The maximum Gasteiger partial charge on any atom is 0.0307 e. The molecule has 0 fully saturated rings. The summed E-state index contributed by atoms with van der Waals surface area (Å²) in [5.41, 5.74) is 0.